The third kappa shape index (κ3) is 7.75. The quantitative estimate of drug-likeness (QED) is 0.108. The standard InChI is InChI=1S/C45H44BF7N2O/c1-27-13-15-31(16-14-27)39-35-12-10-9-11-34(35)38(54-39)28(2)40-36(29-17-21-32(22-18-29)41(3,4)5)25-37(30-19-23-33(24-20-30)42(6,7)8)55(40)46-56-26-43(47,48)44(49,50)45(51,52)53/h9-25,46H,26H2,1-8H3/b38-28-. The van der Waals surface area contributed by atoms with Gasteiger partial charge in [-0.15, -0.1) is 0 Å². The second kappa shape index (κ2) is 14.6. The number of alkyl halides is 7. The zero-order valence-electron chi connectivity index (χ0n) is 32.7. The number of hydrogen-bond donors (Lipinski definition) is 0. The molecule has 0 aliphatic carbocycles. The fourth-order valence-corrected chi connectivity index (χ4v) is 6.86. The van der Waals surface area contributed by atoms with Gasteiger partial charge in [-0.25, -0.2) is 4.99 Å². The van der Waals surface area contributed by atoms with Crippen molar-refractivity contribution in [3.05, 3.63) is 142 Å². The molecule has 1 aromatic heterocycles. The molecule has 11 heteroatoms. The van der Waals surface area contributed by atoms with Gasteiger partial charge in [-0.1, -0.05) is 144 Å². The molecule has 0 bridgehead atoms. The monoisotopic (exact) mass is 772 g/mol. The van der Waals surface area contributed by atoms with Gasteiger partial charge in [-0.2, -0.15) is 30.7 Å². The van der Waals surface area contributed by atoms with Crippen LogP contribution in [0.4, 0.5) is 30.7 Å². The minimum Gasteiger partial charge on any atom is -0.412 e. The van der Waals surface area contributed by atoms with Gasteiger partial charge >= 0.3 is 25.6 Å². The van der Waals surface area contributed by atoms with Crippen molar-refractivity contribution < 1.29 is 35.4 Å². The number of allylic oxidation sites excluding steroid dienone is 1. The summed E-state index contributed by atoms with van der Waals surface area (Å²) in [6.07, 6.45) is -6.48. The lowest BCUT2D eigenvalue weighted by atomic mass is 9.86. The van der Waals surface area contributed by atoms with Crippen molar-refractivity contribution in [2.24, 2.45) is 4.99 Å². The Labute approximate surface area is 324 Å². The van der Waals surface area contributed by atoms with E-state index in [-0.39, 0.29) is 10.8 Å². The number of aliphatic imine (C=N–C) groups is 1. The SMILES string of the molecule is C/C(=C1/N=C(c2ccc(C)cc2)c2ccccc21)c1c(-c2ccc(C(C)(C)C)cc2)cc(-c2ccc(C(C)(C)C)cc2)n1BOCC(F)(F)C(F)(F)C(F)(F)F. The molecule has 0 saturated heterocycles. The van der Waals surface area contributed by atoms with E-state index in [1.165, 1.54) is 0 Å². The van der Waals surface area contributed by atoms with Gasteiger partial charge in [0.05, 0.1) is 11.4 Å². The third-order valence-corrected chi connectivity index (χ3v) is 10.2. The number of fused-ring (bicyclic) bond motifs is 1. The maximum absolute atomic E-state index is 14.7. The third-order valence-electron chi connectivity index (χ3n) is 10.2. The number of nitrogens with zero attached hydrogens (tertiary/aromatic N) is 2. The average molecular weight is 773 g/mol. The minimum absolute atomic E-state index is 0.155. The Hall–Kier alpha value is -4.90. The summed E-state index contributed by atoms with van der Waals surface area (Å²) in [4.78, 5) is 5.15. The Morgan fingerprint density at radius 2 is 1.14 bits per heavy atom. The van der Waals surface area contributed by atoms with Crippen LogP contribution in [-0.4, -0.2) is 42.4 Å². The van der Waals surface area contributed by atoms with Crippen LogP contribution in [-0.2, 0) is 15.5 Å². The molecule has 0 radical (unpaired) electrons. The lowest BCUT2D eigenvalue weighted by Crippen LogP contribution is -2.54. The van der Waals surface area contributed by atoms with Crippen molar-refractivity contribution in [2.45, 2.75) is 84.2 Å². The van der Waals surface area contributed by atoms with Crippen LogP contribution in [0, 0.1) is 6.92 Å². The first kappa shape index (κ1) is 40.8. The van der Waals surface area contributed by atoms with E-state index in [4.69, 9.17) is 9.65 Å². The van der Waals surface area contributed by atoms with E-state index in [2.05, 4.69) is 41.5 Å². The first-order valence-electron chi connectivity index (χ1n) is 18.3. The highest BCUT2D eigenvalue weighted by molar-refractivity contribution is 6.29. The van der Waals surface area contributed by atoms with Crippen LogP contribution in [0.15, 0.2) is 108 Å². The van der Waals surface area contributed by atoms with Crippen molar-refractivity contribution in [3.63, 3.8) is 0 Å². The molecule has 0 spiro atoms. The van der Waals surface area contributed by atoms with Crippen molar-refractivity contribution in [1.82, 2.24) is 4.48 Å². The Balaban J connectivity index is 1.60. The van der Waals surface area contributed by atoms with Gasteiger partial charge in [0.15, 0.2) is 0 Å². The molecular weight excluding hydrogens is 728 g/mol. The van der Waals surface area contributed by atoms with Crippen molar-refractivity contribution in [1.29, 1.82) is 0 Å². The van der Waals surface area contributed by atoms with Crippen LogP contribution in [0.3, 0.4) is 0 Å². The minimum atomic E-state index is -6.48. The summed E-state index contributed by atoms with van der Waals surface area (Å²) >= 11 is 0. The molecule has 0 fully saturated rings. The fraction of sp³-hybridized carbons (Fsp3) is 0.311. The number of rotatable bonds is 9. The molecule has 0 unspecified atom stereocenters. The van der Waals surface area contributed by atoms with E-state index in [0.29, 0.717) is 33.8 Å². The Morgan fingerprint density at radius 1 is 0.643 bits per heavy atom. The highest BCUT2D eigenvalue weighted by Gasteiger charge is 2.72. The number of benzene rings is 4. The van der Waals surface area contributed by atoms with E-state index < -0.39 is 32.2 Å². The number of aromatic nitrogens is 1. The van der Waals surface area contributed by atoms with Gasteiger partial charge in [0.25, 0.3) is 0 Å². The summed E-state index contributed by atoms with van der Waals surface area (Å²) in [5.74, 6) is -11.8. The molecule has 0 N–H and O–H groups in total. The molecule has 4 aromatic carbocycles. The van der Waals surface area contributed by atoms with E-state index in [9.17, 15) is 30.7 Å². The van der Waals surface area contributed by atoms with Gasteiger partial charge in [0.2, 0.25) is 0 Å². The van der Waals surface area contributed by atoms with Crippen LogP contribution in [0.5, 0.6) is 0 Å². The van der Waals surface area contributed by atoms with Gasteiger partial charge < -0.3 is 9.13 Å². The summed E-state index contributed by atoms with van der Waals surface area (Å²) in [5, 5.41) is 0. The second-order valence-corrected chi connectivity index (χ2v) is 16.5. The van der Waals surface area contributed by atoms with Crippen LogP contribution in [0.2, 0.25) is 0 Å². The largest absolute Gasteiger partial charge is 0.459 e. The summed E-state index contributed by atoms with van der Waals surface area (Å²) in [6, 6.07) is 33.1. The Bertz CT molecular complexity index is 2290. The lowest BCUT2D eigenvalue weighted by molar-refractivity contribution is -0.358. The summed E-state index contributed by atoms with van der Waals surface area (Å²) in [5.41, 5.74) is 10.4. The molecule has 3 nitrogen and oxygen atoms in total. The zero-order chi connectivity index (χ0) is 41.0. The predicted octanol–water partition coefficient (Wildman–Crippen LogP) is 12.4. The van der Waals surface area contributed by atoms with Gasteiger partial charge in [-0.3, -0.25) is 0 Å². The topological polar surface area (TPSA) is 26.5 Å². The fourth-order valence-electron chi connectivity index (χ4n) is 6.86. The van der Waals surface area contributed by atoms with E-state index in [1.54, 1.807) is 4.48 Å². The molecule has 1 aliphatic heterocycles. The molecule has 1 aliphatic rings. The van der Waals surface area contributed by atoms with Gasteiger partial charge in [0.1, 0.15) is 6.61 Å². The molecule has 2 heterocycles. The normalized spacial score (nSPS) is 14.8. The van der Waals surface area contributed by atoms with E-state index >= 15 is 0 Å². The van der Waals surface area contributed by atoms with E-state index in [0.717, 1.165) is 44.7 Å². The van der Waals surface area contributed by atoms with Crippen molar-refractivity contribution in [3.8, 4) is 22.4 Å². The van der Waals surface area contributed by atoms with Crippen LogP contribution in [0.25, 0.3) is 33.7 Å². The molecule has 0 atom stereocenters. The average Bonchev–Trinajstić information content (AvgIpc) is 3.70. The summed E-state index contributed by atoms with van der Waals surface area (Å²) in [6.45, 7) is 14.1. The second-order valence-electron chi connectivity index (χ2n) is 16.5. The molecular formula is C45H44BF7N2O. The highest BCUT2D eigenvalue weighted by atomic mass is 19.4. The molecule has 5 aromatic rings. The maximum Gasteiger partial charge on any atom is 0.459 e. The zero-order valence-corrected chi connectivity index (χ0v) is 32.7. The maximum atomic E-state index is 14.7. The predicted molar refractivity (Wildman–Crippen MR) is 213 cm³/mol. The van der Waals surface area contributed by atoms with Gasteiger partial charge in [-0.05, 0) is 58.6 Å². The summed E-state index contributed by atoms with van der Waals surface area (Å²) < 4.78 is 103. The van der Waals surface area contributed by atoms with Crippen LogP contribution in [0.1, 0.15) is 87.5 Å². The number of halogens is 7. The molecule has 56 heavy (non-hydrogen) atoms. The molecule has 0 amide bonds. The van der Waals surface area contributed by atoms with Crippen LogP contribution < -0.4 is 0 Å². The smallest absolute Gasteiger partial charge is 0.412 e. The number of aryl methyl sites for hydroxylation is 1. The number of hydrogen-bond acceptors (Lipinski definition) is 2. The highest BCUT2D eigenvalue weighted by Crippen LogP contribution is 2.47. The summed E-state index contributed by atoms with van der Waals surface area (Å²) in [7, 11) is -0.768. The first-order chi connectivity index (χ1) is 26.0. The van der Waals surface area contributed by atoms with Crippen LogP contribution >= 0.6 is 0 Å². The van der Waals surface area contributed by atoms with E-state index in [1.807, 2.05) is 117 Å². The lowest BCUT2D eigenvalue weighted by Gasteiger charge is -2.28. The molecule has 6 rings (SSSR count). The Morgan fingerprint density at radius 3 is 1.66 bits per heavy atom. The molecule has 292 valence electrons. The van der Waals surface area contributed by atoms with Crippen molar-refractivity contribution >= 4 is 24.6 Å². The van der Waals surface area contributed by atoms with Gasteiger partial charge in [0, 0.05) is 33.6 Å². The van der Waals surface area contributed by atoms with Crippen molar-refractivity contribution in [2.75, 3.05) is 6.61 Å². The first-order valence-corrected chi connectivity index (χ1v) is 18.3. The molecule has 0 saturated carbocycles. The Kier molecular flexibility index (Phi) is 10.6.